The van der Waals surface area contributed by atoms with E-state index in [9.17, 15) is 24.3 Å². The van der Waals surface area contributed by atoms with Gasteiger partial charge in [-0.2, -0.15) is 0 Å². The molecule has 1 aromatic carbocycles. The summed E-state index contributed by atoms with van der Waals surface area (Å²) in [6.45, 7) is 7.14. The molecule has 1 aromatic rings. The molecule has 37 heavy (non-hydrogen) atoms. The predicted molar refractivity (Wildman–Crippen MR) is 143 cm³/mol. The molecule has 1 aliphatic heterocycles. The van der Waals surface area contributed by atoms with Crippen molar-refractivity contribution >= 4 is 55.2 Å². The lowest BCUT2D eigenvalue weighted by atomic mass is 9.59. The number of ether oxygens (including phenoxy) is 1. The number of likely N-dealkylation sites (tertiary alicyclic amines) is 1. The topological polar surface area (TPSA) is 101 Å². The van der Waals surface area contributed by atoms with E-state index in [1.54, 1.807) is 13.0 Å². The molecule has 5 rings (SSSR count). The van der Waals surface area contributed by atoms with Gasteiger partial charge in [-0.15, -0.1) is 0 Å². The van der Waals surface area contributed by atoms with Gasteiger partial charge in [0.1, 0.15) is 0 Å². The van der Waals surface area contributed by atoms with Crippen LogP contribution in [0.2, 0.25) is 0 Å². The number of aromatic hydroxyl groups is 1. The third kappa shape index (κ3) is 3.72. The molecule has 0 aromatic heterocycles. The van der Waals surface area contributed by atoms with Gasteiger partial charge < -0.3 is 9.84 Å². The quantitative estimate of drug-likeness (QED) is 0.275. The maximum atomic E-state index is 13.8. The van der Waals surface area contributed by atoms with E-state index < -0.39 is 29.2 Å². The van der Waals surface area contributed by atoms with E-state index in [0.29, 0.717) is 37.6 Å². The molecule has 1 saturated heterocycles. The number of methoxy groups -OCH3 is 1. The van der Waals surface area contributed by atoms with Gasteiger partial charge in [-0.05, 0) is 96.0 Å². The zero-order chi connectivity index (χ0) is 27.1. The smallest absolute Gasteiger partial charge is 0.234 e. The molecule has 4 unspecified atom stereocenters. The molecule has 0 radical (unpaired) electrons. The highest BCUT2D eigenvalue weighted by Crippen LogP contribution is 2.57. The van der Waals surface area contributed by atoms with E-state index in [-0.39, 0.29) is 41.3 Å². The molecule has 9 heteroatoms. The van der Waals surface area contributed by atoms with Gasteiger partial charge in [0.25, 0.3) is 0 Å². The summed E-state index contributed by atoms with van der Waals surface area (Å²) in [5.41, 5.74) is 1.92. The maximum absolute atomic E-state index is 13.8. The molecule has 1 N–H and O–H groups in total. The summed E-state index contributed by atoms with van der Waals surface area (Å²) >= 11 is 6.98. The number of carbonyl (C=O) groups excluding carboxylic acids is 4. The van der Waals surface area contributed by atoms with Gasteiger partial charge in [-0.25, -0.2) is 0 Å². The van der Waals surface area contributed by atoms with Crippen LogP contribution in [0.15, 0.2) is 49.5 Å². The van der Waals surface area contributed by atoms with Crippen LogP contribution in [0, 0.1) is 17.8 Å². The van der Waals surface area contributed by atoms with Crippen LogP contribution in [0.3, 0.4) is 0 Å². The van der Waals surface area contributed by atoms with Gasteiger partial charge in [0.15, 0.2) is 23.1 Å². The third-order valence-electron chi connectivity index (χ3n) is 7.94. The van der Waals surface area contributed by atoms with Crippen LogP contribution in [0.4, 0.5) is 0 Å². The Labute approximate surface area is 231 Å². The van der Waals surface area contributed by atoms with Gasteiger partial charge in [0, 0.05) is 32.6 Å². The lowest BCUT2D eigenvalue weighted by Gasteiger charge is -2.42. The van der Waals surface area contributed by atoms with Gasteiger partial charge in [0.05, 0.1) is 23.4 Å². The number of imide groups is 1. The summed E-state index contributed by atoms with van der Waals surface area (Å²) in [5.74, 6) is -2.96. The van der Waals surface area contributed by atoms with Crippen LogP contribution in [0.1, 0.15) is 52.0 Å². The molecule has 4 atom stereocenters. The summed E-state index contributed by atoms with van der Waals surface area (Å²) in [7, 11) is 1.43. The highest BCUT2D eigenvalue weighted by molar-refractivity contribution is 9.13. The van der Waals surface area contributed by atoms with Crippen LogP contribution in [0.5, 0.6) is 11.5 Å². The maximum Gasteiger partial charge on any atom is 0.234 e. The fourth-order valence-electron chi connectivity index (χ4n) is 6.38. The normalized spacial score (nSPS) is 27.6. The Balaban J connectivity index is 1.75. The summed E-state index contributed by atoms with van der Waals surface area (Å²) < 4.78 is 6.27. The molecule has 1 heterocycles. The minimum absolute atomic E-state index is 0.100. The highest BCUT2D eigenvalue weighted by atomic mass is 79.9. The zero-order valence-electron chi connectivity index (χ0n) is 21.1. The Morgan fingerprint density at radius 1 is 1.05 bits per heavy atom. The molecule has 2 amide bonds. The number of rotatable bonds is 2. The minimum Gasteiger partial charge on any atom is -0.503 e. The van der Waals surface area contributed by atoms with Gasteiger partial charge in [-0.1, -0.05) is 11.6 Å². The van der Waals surface area contributed by atoms with E-state index in [1.807, 2.05) is 26.8 Å². The molecule has 0 bridgehead atoms. The second kappa shape index (κ2) is 8.76. The summed E-state index contributed by atoms with van der Waals surface area (Å²) in [4.78, 5) is 55.3. The average molecular weight is 633 g/mol. The van der Waals surface area contributed by atoms with Crippen molar-refractivity contribution in [3.8, 4) is 11.5 Å². The molecular weight excluding hydrogens is 606 g/mol. The van der Waals surface area contributed by atoms with Crippen LogP contribution in [-0.2, 0) is 19.2 Å². The van der Waals surface area contributed by atoms with Crippen molar-refractivity contribution in [3.63, 3.8) is 0 Å². The first-order chi connectivity index (χ1) is 17.3. The SMILES string of the molecule is COc1cc(C2C3=CCC4C(=O)N(C(C)(C)C)C(=O)C4C3CC3=C2C(=O)C=C(C)C3=O)c(Br)c(Br)c1O. The molecule has 0 saturated carbocycles. The number of phenolic OH excluding ortho intramolecular Hbond substituents is 1. The van der Waals surface area contributed by atoms with E-state index in [0.717, 1.165) is 5.57 Å². The number of carbonyl (C=O) groups is 4. The van der Waals surface area contributed by atoms with Gasteiger partial charge in [0.2, 0.25) is 11.8 Å². The summed E-state index contributed by atoms with van der Waals surface area (Å²) in [6.07, 6.45) is 3.93. The number of phenols is 1. The van der Waals surface area contributed by atoms with Crippen molar-refractivity contribution in [2.24, 2.45) is 17.8 Å². The third-order valence-corrected chi connectivity index (χ3v) is 10.1. The number of allylic oxidation sites excluding steroid dienone is 6. The fraction of sp³-hybridized carbons (Fsp3) is 0.429. The van der Waals surface area contributed by atoms with E-state index in [2.05, 4.69) is 31.9 Å². The zero-order valence-corrected chi connectivity index (χ0v) is 24.3. The second-order valence-corrected chi connectivity index (χ2v) is 12.6. The number of ketones is 2. The van der Waals surface area contributed by atoms with Gasteiger partial charge >= 0.3 is 0 Å². The predicted octanol–water partition coefficient (Wildman–Crippen LogP) is 5.15. The molecular formula is C28H27Br2NO6. The Bertz CT molecular complexity index is 1400. The Morgan fingerprint density at radius 3 is 2.35 bits per heavy atom. The van der Waals surface area contributed by atoms with Crippen molar-refractivity contribution in [2.45, 2.75) is 52.0 Å². The number of nitrogens with zero attached hydrogens (tertiary/aromatic N) is 1. The van der Waals surface area contributed by atoms with Crippen LogP contribution >= 0.6 is 31.9 Å². The molecule has 3 aliphatic carbocycles. The number of halogens is 2. The van der Waals surface area contributed by atoms with E-state index >= 15 is 0 Å². The lowest BCUT2D eigenvalue weighted by Crippen LogP contribution is -2.46. The molecule has 0 spiro atoms. The highest BCUT2D eigenvalue weighted by Gasteiger charge is 2.58. The second-order valence-electron chi connectivity index (χ2n) is 11.1. The number of fused-ring (bicyclic) bond motifs is 3. The van der Waals surface area contributed by atoms with Crippen molar-refractivity contribution in [2.75, 3.05) is 7.11 Å². The standard InChI is InChI=1S/C28H27Br2NO6/c1-11-8-17(32)21-16(24(11)33)9-14-12(19(21)15-10-18(37-5)25(34)23(30)22(15)29)6-7-13-20(14)27(36)31(26(13)35)28(2,3)4/h6,8,10,13-14,19-20,34H,7,9H2,1-5H3. The number of hydrogen-bond donors (Lipinski definition) is 1. The lowest BCUT2D eigenvalue weighted by molar-refractivity contribution is -0.145. The van der Waals surface area contributed by atoms with Crippen LogP contribution < -0.4 is 4.74 Å². The minimum atomic E-state index is -0.668. The first kappa shape index (κ1) is 26.1. The average Bonchev–Trinajstić information content (AvgIpc) is 3.10. The number of amides is 2. The Kier molecular flexibility index (Phi) is 6.18. The molecule has 4 aliphatic rings. The van der Waals surface area contributed by atoms with Crippen molar-refractivity contribution in [1.82, 2.24) is 4.90 Å². The Hall–Kier alpha value is -2.52. The molecule has 1 fully saturated rings. The number of benzene rings is 1. The monoisotopic (exact) mass is 631 g/mol. The Morgan fingerprint density at radius 2 is 1.73 bits per heavy atom. The molecule has 7 nitrogen and oxygen atoms in total. The van der Waals surface area contributed by atoms with Crippen molar-refractivity contribution < 1.29 is 29.0 Å². The van der Waals surface area contributed by atoms with Crippen molar-refractivity contribution in [1.29, 1.82) is 0 Å². The number of hydrogen-bond acceptors (Lipinski definition) is 6. The fourth-order valence-corrected chi connectivity index (χ4v) is 7.33. The molecule has 194 valence electrons. The van der Waals surface area contributed by atoms with Gasteiger partial charge in [-0.3, -0.25) is 24.1 Å². The van der Waals surface area contributed by atoms with Crippen LogP contribution in [-0.4, -0.2) is 46.0 Å². The first-order valence-corrected chi connectivity index (χ1v) is 13.7. The summed E-state index contributed by atoms with van der Waals surface area (Å²) in [6, 6.07) is 1.65. The summed E-state index contributed by atoms with van der Waals surface area (Å²) in [5, 5.41) is 10.5. The van der Waals surface area contributed by atoms with Crippen molar-refractivity contribution in [3.05, 3.63) is 55.0 Å². The van der Waals surface area contributed by atoms with Crippen LogP contribution in [0.25, 0.3) is 0 Å². The first-order valence-electron chi connectivity index (χ1n) is 12.1. The van der Waals surface area contributed by atoms with E-state index in [4.69, 9.17) is 4.74 Å². The van der Waals surface area contributed by atoms with E-state index in [1.165, 1.54) is 18.1 Å². The largest absolute Gasteiger partial charge is 0.503 e. The number of Topliss-reactive ketones (excluding diaryl/α,β-unsaturated/α-hetero) is 1.